The predicted molar refractivity (Wildman–Crippen MR) is 69.5 cm³/mol. The molecule has 2 aromatic rings. The molecule has 1 aromatic carbocycles. The quantitative estimate of drug-likeness (QED) is 0.762. The first-order valence-corrected chi connectivity index (χ1v) is 5.49. The lowest BCUT2D eigenvalue weighted by Gasteiger charge is -2.08. The van der Waals surface area contributed by atoms with Crippen molar-refractivity contribution >= 4 is 5.57 Å². The lowest BCUT2D eigenvalue weighted by atomic mass is 10.1. The van der Waals surface area contributed by atoms with Gasteiger partial charge in [-0.1, -0.05) is 18.2 Å². The third-order valence-corrected chi connectivity index (χ3v) is 2.62. The number of nitriles is 3. The highest BCUT2D eigenvalue weighted by atomic mass is 15.0. The molecule has 0 radical (unpaired) electrons. The summed E-state index contributed by atoms with van der Waals surface area (Å²) in [7, 11) is 0. The SMILES string of the molecule is N#CC(C#N)=C(C#N)c1cccn1-c1ccccc1. The van der Waals surface area contributed by atoms with Crippen molar-refractivity contribution in [3.05, 3.63) is 59.9 Å². The Bertz CT molecular complexity index is 730. The second kappa shape index (κ2) is 5.36. The number of allylic oxidation sites excluding steroid dienone is 2. The highest BCUT2D eigenvalue weighted by Crippen LogP contribution is 2.22. The van der Waals surface area contributed by atoms with E-state index in [4.69, 9.17) is 10.5 Å². The molecule has 0 unspecified atom stereocenters. The molecule has 1 heterocycles. The summed E-state index contributed by atoms with van der Waals surface area (Å²) in [6, 6.07) is 18.3. The summed E-state index contributed by atoms with van der Waals surface area (Å²) in [5.74, 6) is 0. The fraction of sp³-hybridized carbons (Fsp3) is 0. The van der Waals surface area contributed by atoms with Crippen LogP contribution in [0.15, 0.2) is 54.2 Å². The van der Waals surface area contributed by atoms with Gasteiger partial charge in [-0.2, -0.15) is 15.8 Å². The van der Waals surface area contributed by atoms with Gasteiger partial charge in [0.15, 0.2) is 0 Å². The molecule has 0 aliphatic rings. The molecule has 0 N–H and O–H groups in total. The minimum atomic E-state index is -0.182. The summed E-state index contributed by atoms with van der Waals surface area (Å²) < 4.78 is 1.77. The number of rotatable bonds is 2. The van der Waals surface area contributed by atoms with E-state index in [0.717, 1.165) is 5.69 Å². The average Bonchev–Trinajstić information content (AvgIpc) is 2.94. The van der Waals surface area contributed by atoms with Gasteiger partial charge in [0, 0.05) is 11.9 Å². The number of para-hydroxylation sites is 1. The number of benzene rings is 1. The number of nitrogens with zero attached hydrogens (tertiary/aromatic N) is 4. The number of hydrogen-bond acceptors (Lipinski definition) is 3. The second-order valence-electron chi connectivity index (χ2n) is 3.68. The molecule has 0 amide bonds. The molecule has 0 spiro atoms. The van der Waals surface area contributed by atoms with Crippen molar-refractivity contribution in [2.24, 2.45) is 0 Å². The first-order chi connectivity index (χ1) is 9.31. The highest BCUT2D eigenvalue weighted by Gasteiger charge is 2.13. The van der Waals surface area contributed by atoms with Crippen LogP contribution in [0.1, 0.15) is 5.69 Å². The van der Waals surface area contributed by atoms with Crippen LogP contribution in [0.5, 0.6) is 0 Å². The van der Waals surface area contributed by atoms with Crippen molar-refractivity contribution in [1.29, 1.82) is 15.8 Å². The van der Waals surface area contributed by atoms with Crippen LogP contribution in [0.25, 0.3) is 11.3 Å². The maximum absolute atomic E-state index is 9.18. The summed E-state index contributed by atoms with van der Waals surface area (Å²) in [6.07, 6.45) is 1.79. The number of hydrogen-bond donors (Lipinski definition) is 0. The van der Waals surface area contributed by atoms with Crippen LogP contribution >= 0.6 is 0 Å². The first kappa shape index (κ1) is 12.2. The Hall–Kier alpha value is -3.29. The fourth-order valence-corrected chi connectivity index (χ4v) is 1.78. The lowest BCUT2D eigenvalue weighted by Crippen LogP contribution is -1.98. The van der Waals surface area contributed by atoms with Crippen molar-refractivity contribution in [2.45, 2.75) is 0 Å². The average molecular weight is 244 g/mol. The lowest BCUT2D eigenvalue weighted by molar-refractivity contribution is 1.06. The second-order valence-corrected chi connectivity index (χ2v) is 3.68. The molecule has 0 aliphatic heterocycles. The highest BCUT2D eigenvalue weighted by molar-refractivity contribution is 5.83. The van der Waals surface area contributed by atoms with Gasteiger partial charge in [0.2, 0.25) is 0 Å². The van der Waals surface area contributed by atoms with Crippen LogP contribution in [-0.4, -0.2) is 4.57 Å². The van der Waals surface area contributed by atoms with E-state index >= 15 is 0 Å². The van der Waals surface area contributed by atoms with E-state index in [1.165, 1.54) is 0 Å². The molecule has 88 valence electrons. The van der Waals surface area contributed by atoms with E-state index < -0.39 is 0 Å². The minimum absolute atomic E-state index is 0.0823. The van der Waals surface area contributed by atoms with E-state index in [1.54, 1.807) is 35.0 Å². The van der Waals surface area contributed by atoms with Gasteiger partial charge in [0.25, 0.3) is 0 Å². The Balaban J connectivity index is 2.66. The molecule has 4 nitrogen and oxygen atoms in total. The molecule has 4 heteroatoms. The molecule has 0 saturated carbocycles. The van der Waals surface area contributed by atoms with E-state index in [9.17, 15) is 5.26 Å². The van der Waals surface area contributed by atoms with Gasteiger partial charge in [0.1, 0.15) is 29.4 Å². The number of aromatic nitrogens is 1. The van der Waals surface area contributed by atoms with Crippen LogP contribution in [0, 0.1) is 34.0 Å². The van der Waals surface area contributed by atoms with Crippen LogP contribution < -0.4 is 0 Å². The van der Waals surface area contributed by atoms with Crippen molar-refractivity contribution < 1.29 is 0 Å². The maximum Gasteiger partial charge on any atom is 0.149 e. The first-order valence-electron chi connectivity index (χ1n) is 5.49. The molecule has 19 heavy (non-hydrogen) atoms. The minimum Gasteiger partial charge on any atom is -0.316 e. The van der Waals surface area contributed by atoms with E-state index in [1.807, 2.05) is 36.4 Å². The summed E-state index contributed by atoms with van der Waals surface area (Å²) in [5, 5.41) is 27.0. The molecule has 0 bridgehead atoms. The molecule has 1 aromatic heterocycles. The van der Waals surface area contributed by atoms with Crippen molar-refractivity contribution in [3.8, 4) is 23.9 Å². The Labute approximate surface area is 110 Å². The zero-order chi connectivity index (χ0) is 13.7. The molecular weight excluding hydrogens is 236 g/mol. The molecule has 2 rings (SSSR count). The fourth-order valence-electron chi connectivity index (χ4n) is 1.78. The third kappa shape index (κ3) is 2.22. The van der Waals surface area contributed by atoms with E-state index in [0.29, 0.717) is 5.69 Å². The topological polar surface area (TPSA) is 76.3 Å². The standard InChI is InChI=1S/C15H8N4/c16-9-12(10-17)14(11-18)15-7-4-8-19(15)13-5-2-1-3-6-13/h1-8H. The molecule has 0 aliphatic carbocycles. The van der Waals surface area contributed by atoms with Gasteiger partial charge in [-0.05, 0) is 24.3 Å². The third-order valence-electron chi connectivity index (χ3n) is 2.62. The van der Waals surface area contributed by atoms with Gasteiger partial charge >= 0.3 is 0 Å². The summed E-state index contributed by atoms with van der Waals surface area (Å²) in [4.78, 5) is 0. The predicted octanol–water partition coefficient (Wildman–Crippen LogP) is 2.80. The van der Waals surface area contributed by atoms with Crippen molar-refractivity contribution in [2.75, 3.05) is 0 Å². The summed E-state index contributed by atoms with van der Waals surface area (Å²) in [6.45, 7) is 0. The zero-order valence-electron chi connectivity index (χ0n) is 9.91. The summed E-state index contributed by atoms with van der Waals surface area (Å²) >= 11 is 0. The molecular formula is C15H8N4. The van der Waals surface area contributed by atoms with Crippen LogP contribution in [0.2, 0.25) is 0 Å². The van der Waals surface area contributed by atoms with Gasteiger partial charge < -0.3 is 4.57 Å². The monoisotopic (exact) mass is 244 g/mol. The smallest absolute Gasteiger partial charge is 0.149 e. The van der Waals surface area contributed by atoms with Gasteiger partial charge in [-0.3, -0.25) is 0 Å². The van der Waals surface area contributed by atoms with Crippen LogP contribution in [-0.2, 0) is 0 Å². The van der Waals surface area contributed by atoms with Crippen LogP contribution in [0.3, 0.4) is 0 Å². The molecule has 0 atom stereocenters. The summed E-state index contributed by atoms with van der Waals surface area (Å²) in [5.41, 5.74) is 1.30. The maximum atomic E-state index is 9.18. The largest absolute Gasteiger partial charge is 0.316 e. The Kier molecular flexibility index (Phi) is 3.44. The zero-order valence-corrected chi connectivity index (χ0v) is 9.91. The Morgan fingerprint density at radius 3 is 2.11 bits per heavy atom. The van der Waals surface area contributed by atoms with E-state index in [-0.39, 0.29) is 11.1 Å². The molecule has 0 fully saturated rings. The molecule has 0 saturated heterocycles. The van der Waals surface area contributed by atoms with Gasteiger partial charge in [0.05, 0.1) is 5.69 Å². The van der Waals surface area contributed by atoms with Gasteiger partial charge in [-0.25, -0.2) is 0 Å². The van der Waals surface area contributed by atoms with Gasteiger partial charge in [-0.15, -0.1) is 0 Å². The van der Waals surface area contributed by atoms with E-state index in [2.05, 4.69) is 0 Å². The van der Waals surface area contributed by atoms with Crippen molar-refractivity contribution in [1.82, 2.24) is 4.57 Å². The van der Waals surface area contributed by atoms with Crippen molar-refractivity contribution in [3.63, 3.8) is 0 Å². The normalized spacial score (nSPS) is 8.89. The Morgan fingerprint density at radius 2 is 1.53 bits per heavy atom. The van der Waals surface area contributed by atoms with Crippen LogP contribution in [0.4, 0.5) is 0 Å². The Morgan fingerprint density at radius 1 is 0.842 bits per heavy atom.